The van der Waals surface area contributed by atoms with E-state index >= 15 is 0 Å². The number of nitrogens with one attached hydrogen (secondary N) is 1. The number of hydrogen-bond acceptors (Lipinski definition) is 1. The standard InChI is InChI=1S/C12H13Cl2NO/c1-12(6-5-10(16)15-12)7-8-3-2-4-9(13)11(8)14/h2-4H,5-7H2,1H3,(H,15,16). The Bertz CT molecular complexity index is 433. The van der Waals surface area contributed by atoms with E-state index in [9.17, 15) is 4.79 Å². The fourth-order valence-corrected chi connectivity index (χ4v) is 2.48. The van der Waals surface area contributed by atoms with Crippen molar-refractivity contribution in [3.8, 4) is 0 Å². The van der Waals surface area contributed by atoms with Crippen LogP contribution in [0.15, 0.2) is 18.2 Å². The smallest absolute Gasteiger partial charge is 0.220 e. The summed E-state index contributed by atoms with van der Waals surface area (Å²) in [7, 11) is 0. The highest BCUT2D eigenvalue weighted by molar-refractivity contribution is 6.42. The Morgan fingerprint density at radius 1 is 1.44 bits per heavy atom. The third-order valence-corrected chi connectivity index (χ3v) is 3.82. The zero-order chi connectivity index (χ0) is 11.8. The summed E-state index contributed by atoms with van der Waals surface area (Å²) in [6.45, 7) is 2.04. The van der Waals surface area contributed by atoms with E-state index in [1.165, 1.54) is 0 Å². The van der Waals surface area contributed by atoms with Crippen LogP contribution in [0.2, 0.25) is 10.0 Å². The predicted molar refractivity (Wildman–Crippen MR) is 65.9 cm³/mol. The van der Waals surface area contributed by atoms with Gasteiger partial charge in [0.2, 0.25) is 5.91 Å². The van der Waals surface area contributed by atoms with Gasteiger partial charge in [-0.2, -0.15) is 0 Å². The minimum atomic E-state index is -0.189. The van der Waals surface area contributed by atoms with Crippen molar-refractivity contribution in [2.45, 2.75) is 31.7 Å². The highest BCUT2D eigenvalue weighted by Crippen LogP contribution is 2.31. The van der Waals surface area contributed by atoms with Gasteiger partial charge in [-0.05, 0) is 31.4 Å². The quantitative estimate of drug-likeness (QED) is 0.867. The average Bonchev–Trinajstić information content (AvgIpc) is 2.54. The van der Waals surface area contributed by atoms with Gasteiger partial charge < -0.3 is 5.32 Å². The highest BCUT2D eigenvalue weighted by Gasteiger charge is 2.33. The van der Waals surface area contributed by atoms with Crippen molar-refractivity contribution in [1.82, 2.24) is 5.32 Å². The summed E-state index contributed by atoms with van der Waals surface area (Å²) in [6, 6.07) is 5.59. The third kappa shape index (κ3) is 2.33. The summed E-state index contributed by atoms with van der Waals surface area (Å²) < 4.78 is 0. The van der Waals surface area contributed by atoms with Gasteiger partial charge in [0.05, 0.1) is 10.0 Å². The first-order valence-corrected chi connectivity index (χ1v) is 6.00. The Kier molecular flexibility index (Phi) is 3.13. The van der Waals surface area contributed by atoms with Gasteiger partial charge in [0.15, 0.2) is 0 Å². The van der Waals surface area contributed by atoms with Gasteiger partial charge in [-0.3, -0.25) is 4.79 Å². The molecule has 0 aliphatic carbocycles. The molecule has 1 fully saturated rings. The van der Waals surface area contributed by atoms with E-state index in [0.29, 0.717) is 16.5 Å². The van der Waals surface area contributed by atoms with Crippen LogP contribution >= 0.6 is 23.2 Å². The van der Waals surface area contributed by atoms with Crippen molar-refractivity contribution < 1.29 is 4.79 Å². The van der Waals surface area contributed by atoms with Gasteiger partial charge in [-0.1, -0.05) is 35.3 Å². The lowest BCUT2D eigenvalue weighted by Gasteiger charge is -2.24. The molecule has 0 aromatic heterocycles. The number of benzene rings is 1. The van der Waals surface area contributed by atoms with Gasteiger partial charge in [0.25, 0.3) is 0 Å². The fourth-order valence-electron chi connectivity index (χ4n) is 2.09. The van der Waals surface area contributed by atoms with Crippen molar-refractivity contribution >= 4 is 29.1 Å². The van der Waals surface area contributed by atoms with Gasteiger partial charge in [-0.15, -0.1) is 0 Å². The van der Waals surface area contributed by atoms with E-state index in [0.717, 1.165) is 18.4 Å². The van der Waals surface area contributed by atoms with E-state index < -0.39 is 0 Å². The molecule has 1 amide bonds. The van der Waals surface area contributed by atoms with Crippen LogP contribution in [0.3, 0.4) is 0 Å². The number of amides is 1. The predicted octanol–water partition coefficient (Wildman–Crippen LogP) is 3.20. The van der Waals surface area contributed by atoms with Crippen LogP contribution in [0, 0.1) is 0 Å². The number of rotatable bonds is 2. The minimum absolute atomic E-state index is 0.112. The van der Waals surface area contributed by atoms with Crippen LogP contribution in [0.4, 0.5) is 0 Å². The normalized spacial score (nSPS) is 24.6. The Labute approximate surface area is 105 Å². The van der Waals surface area contributed by atoms with Crippen LogP contribution in [0.5, 0.6) is 0 Å². The SMILES string of the molecule is CC1(Cc2cccc(Cl)c2Cl)CCC(=O)N1. The summed E-state index contributed by atoms with van der Waals surface area (Å²) >= 11 is 12.1. The maximum atomic E-state index is 11.2. The lowest BCUT2D eigenvalue weighted by atomic mass is 9.91. The zero-order valence-electron chi connectivity index (χ0n) is 9.02. The summed E-state index contributed by atoms with van der Waals surface area (Å²) in [6.07, 6.45) is 2.15. The number of hydrogen-bond donors (Lipinski definition) is 1. The molecule has 1 aliphatic heterocycles. The maximum Gasteiger partial charge on any atom is 0.220 e. The number of halogens is 2. The van der Waals surface area contributed by atoms with Crippen molar-refractivity contribution in [2.75, 3.05) is 0 Å². The van der Waals surface area contributed by atoms with Gasteiger partial charge in [0, 0.05) is 12.0 Å². The summed E-state index contributed by atoms with van der Waals surface area (Å²) in [5.74, 6) is 0.112. The van der Waals surface area contributed by atoms with E-state index in [-0.39, 0.29) is 11.4 Å². The van der Waals surface area contributed by atoms with Crippen LogP contribution in [0.1, 0.15) is 25.3 Å². The molecule has 1 N–H and O–H groups in total. The molecule has 1 aromatic carbocycles. The van der Waals surface area contributed by atoms with Gasteiger partial charge in [-0.25, -0.2) is 0 Å². The van der Waals surface area contributed by atoms with Crippen molar-refractivity contribution in [3.05, 3.63) is 33.8 Å². The van der Waals surface area contributed by atoms with E-state index in [4.69, 9.17) is 23.2 Å². The van der Waals surface area contributed by atoms with E-state index in [2.05, 4.69) is 5.32 Å². The number of carbonyl (C=O) groups excluding carboxylic acids is 1. The lowest BCUT2D eigenvalue weighted by Crippen LogP contribution is -2.40. The molecule has 0 spiro atoms. The van der Waals surface area contributed by atoms with Crippen molar-refractivity contribution in [1.29, 1.82) is 0 Å². The monoisotopic (exact) mass is 257 g/mol. The molecule has 2 rings (SSSR count). The molecule has 0 radical (unpaired) electrons. The first kappa shape index (κ1) is 11.7. The first-order valence-electron chi connectivity index (χ1n) is 5.24. The van der Waals surface area contributed by atoms with Crippen molar-refractivity contribution in [2.24, 2.45) is 0 Å². The second-order valence-corrected chi connectivity index (χ2v) is 5.28. The molecule has 4 heteroatoms. The molecule has 0 bridgehead atoms. The molecule has 0 saturated carbocycles. The lowest BCUT2D eigenvalue weighted by molar-refractivity contribution is -0.119. The molecule has 16 heavy (non-hydrogen) atoms. The molecule has 1 atom stereocenters. The molecule has 1 aliphatic rings. The first-order chi connectivity index (χ1) is 7.50. The average molecular weight is 258 g/mol. The second-order valence-electron chi connectivity index (χ2n) is 4.50. The minimum Gasteiger partial charge on any atom is -0.351 e. The zero-order valence-corrected chi connectivity index (χ0v) is 10.5. The molecule has 2 nitrogen and oxygen atoms in total. The molecule has 1 heterocycles. The van der Waals surface area contributed by atoms with Gasteiger partial charge >= 0.3 is 0 Å². The van der Waals surface area contributed by atoms with Crippen LogP contribution in [-0.4, -0.2) is 11.4 Å². The third-order valence-electron chi connectivity index (χ3n) is 2.96. The molecule has 86 valence electrons. The Morgan fingerprint density at radius 3 is 2.81 bits per heavy atom. The maximum absolute atomic E-state index is 11.2. The van der Waals surface area contributed by atoms with Gasteiger partial charge in [0.1, 0.15) is 0 Å². The Hall–Kier alpha value is -0.730. The van der Waals surface area contributed by atoms with Crippen LogP contribution < -0.4 is 5.32 Å². The second kappa shape index (κ2) is 4.27. The Morgan fingerprint density at radius 2 is 2.19 bits per heavy atom. The van der Waals surface area contributed by atoms with Crippen LogP contribution in [0.25, 0.3) is 0 Å². The van der Waals surface area contributed by atoms with E-state index in [1.807, 2.05) is 19.1 Å². The Balaban J connectivity index is 2.21. The molecule has 1 aromatic rings. The van der Waals surface area contributed by atoms with E-state index in [1.54, 1.807) is 6.07 Å². The summed E-state index contributed by atoms with van der Waals surface area (Å²) in [5, 5.41) is 4.14. The molecular weight excluding hydrogens is 245 g/mol. The summed E-state index contributed by atoms with van der Waals surface area (Å²) in [4.78, 5) is 11.2. The summed E-state index contributed by atoms with van der Waals surface area (Å²) in [5.41, 5.74) is 0.796. The topological polar surface area (TPSA) is 29.1 Å². The van der Waals surface area contributed by atoms with Crippen LogP contribution in [-0.2, 0) is 11.2 Å². The molecule has 1 saturated heterocycles. The van der Waals surface area contributed by atoms with Crippen molar-refractivity contribution in [3.63, 3.8) is 0 Å². The highest BCUT2D eigenvalue weighted by atomic mass is 35.5. The largest absolute Gasteiger partial charge is 0.351 e. The molecular formula is C12H13Cl2NO. The fraction of sp³-hybridized carbons (Fsp3) is 0.417. The number of carbonyl (C=O) groups is 1. The molecule has 1 unspecified atom stereocenters.